The van der Waals surface area contributed by atoms with E-state index < -0.39 is 17.5 Å². The minimum Gasteiger partial charge on any atom is -0.465 e. The molecule has 0 aliphatic rings. The van der Waals surface area contributed by atoms with Crippen molar-refractivity contribution in [2.75, 3.05) is 7.11 Å². The zero-order chi connectivity index (χ0) is 21.0. The molecule has 0 amide bonds. The topological polar surface area (TPSA) is 74.7 Å². The van der Waals surface area contributed by atoms with Gasteiger partial charge in [0, 0.05) is 17.7 Å². The zero-order valence-electron chi connectivity index (χ0n) is 16.6. The fourth-order valence-corrected chi connectivity index (χ4v) is 3.46. The molecule has 6 nitrogen and oxygen atoms in total. The first kappa shape index (κ1) is 20.5. The molecule has 1 aromatic carbocycles. The number of ether oxygens (including phenoxy) is 3. The highest BCUT2D eigenvalue weighted by Gasteiger charge is 2.15. The van der Waals surface area contributed by atoms with Crippen LogP contribution in [0.5, 0.6) is 11.5 Å². The van der Waals surface area contributed by atoms with Gasteiger partial charge in [0.1, 0.15) is 16.2 Å². The predicted octanol–water partition coefficient (Wildman–Crippen LogP) is 5.23. The summed E-state index contributed by atoms with van der Waals surface area (Å²) in [7, 11) is 1.35. The van der Waals surface area contributed by atoms with Gasteiger partial charge in [-0.2, -0.15) is 0 Å². The van der Waals surface area contributed by atoms with Crippen LogP contribution in [0.25, 0.3) is 16.2 Å². The zero-order valence-corrected chi connectivity index (χ0v) is 17.4. The molecule has 0 radical (unpaired) electrons. The number of rotatable bonds is 5. The van der Waals surface area contributed by atoms with E-state index in [0.29, 0.717) is 16.4 Å². The third kappa shape index (κ3) is 5.42. The van der Waals surface area contributed by atoms with Crippen LogP contribution in [0.15, 0.2) is 48.8 Å². The molecule has 0 bridgehead atoms. The molecule has 0 saturated heterocycles. The fraction of sp³-hybridized carbons (Fsp3) is 0.227. The third-order valence-corrected chi connectivity index (χ3v) is 4.77. The van der Waals surface area contributed by atoms with E-state index in [1.54, 1.807) is 36.7 Å². The van der Waals surface area contributed by atoms with Gasteiger partial charge in [-0.25, -0.2) is 9.59 Å². The molecule has 2 aromatic heterocycles. The summed E-state index contributed by atoms with van der Waals surface area (Å²) in [4.78, 5) is 28.2. The van der Waals surface area contributed by atoms with Gasteiger partial charge < -0.3 is 14.2 Å². The van der Waals surface area contributed by atoms with Crippen molar-refractivity contribution in [3.8, 4) is 11.5 Å². The van der Waals surface area contributed by atoms with Gasteiger partial charge in [-0.15, -0.1) is 11.3 Å². The Morgan fingerprint density at radius 3 is 2.48 bits per heavy atom. The molecule has 0 fully saturated rings. The molecular formula is C22H21NO5S. The number of nitrogens with zero attached hydrogens (tertiary/aromatic N) is 1. The first-order chi connectivity index (χ1) is 13.7. The van der Waals surface area contributed by atoms with Crippen molar-refractivity contribution in [2.45, 2.75) is 26.4 Å². The van der Waals surface area contributed by atoms with Crippen molar-refractivity contribution >= 4 is 39.4 Å². The van der Waals surface area contributed by atoms with E-state index in [9.17, 15) is 9.59 Å². The lowest BCUT2D eigenvalue weighted by Crippen LogP contribution is -2.22. The number of hydrogen-bond acceptors (Lipinski definition) is 7. The lowest BCUT2D eigenvalue weighted by molar-refractivity contribution is -0.148. The second kappa shape index (κ2) is 8.45. The molecule has 0 aliphatic carbocycles. The maximum atomic E-state index is 11.8. The molecule has 0 aliphatic heterocycles. The highest BCUT2D eigenvalue weighted by Crippen LogP contribution is 2.34. The van der Waals surface area contributed by atoms with Crippen LogP contribution < -0.4 is 4.74 Å². The fourth-order valence-electron chi connectivity index (χ4n) is 2.49. The molecular weight excluding hydrogens is 390 g/mol. The van der Waals surface area contributed by atoms with Crippen molar-refractivity contribution in [2.24, 2.45) is 0 Å². The number of thiophene rings is 1. The van der Waals surface area contributed by atoms with Crippen LogP contribution in [0.3, 0.4) is 0 Å². The number of fused-ring (bicyclic) bond motifs is 1. The van der Waals surface area contributed by atoms with E-state index in [0.717, 1.165) is 15.6 Å². The Kier molecular flexibility index (Phi) is 5.98. The standard InChI is InChI=1S/C22H21NO5S/c1-22(2,3)28-20(24)10-7-14-5-8-15(9-6-14)27-17-12-23-13-19-16(17)11-18(29-19)21(25)26-4/h5-13H,1-4H3. The normalized spacial score (nSPS) is 11.6. The van der Waals surface area contributed by atoms with Gasteiger partial charge >= 0.3 is 11.9 Å². The molecule has 3 aromatic rings. The number of benzene rings is 1. The SMILES string of the molecule is COC(=O)c1cc2c(Oc3ccc(C=CC(=O)OC(C)(C)C)cc3)cncc2s1. The van der Waals surface area contributed by atoms with Gasteiger partial charge in [-0.3, -0.25) is 4.98 Å². The van der Waals surface area contributed by atoms with Crippen molar-refractivity contribution < 1.29 is 23.8 Å². The Hall–Kier alpha value is -3.19. The second-order valence-electron chi connectivity index (χ2n) is 7.19. The molecule has 0 atom stereocenters. The van der Waals surface area contributed by atoms with Crippen molar-refractivity contribution in [3.05, 3.63) is 59.2 Å². The molecule has 0 unspecified atom stereocenters. The molecule has 2 heterocycles. The van der Waals surface area contributed by atoms with Crippen LogP contribution in [0.1, 0.15) is 36.0 Å². The van der Waals surface area contributed by atoms with E-state index in [-0.39, 0.29) is 0 Å². The minimum absolute atomic E-state index is 0.390. The Morgan fingerprint density at radius 1 is 1.10 bits per heavy atom. The van der Waals surface area contributed by atoms with E-state index in [1.807, 2.05) is 32.9 Å². The molecule has 0 N–H and O–H groups in total. The highest BCUT2D eigenvalue weighted by molar-refractivity contribution is 7.20. The summed E-state index contributed by atoms with van der Waals surface area (Å²) in [6.45, 7) is 5.46. The number of pyridine rings is 1. The Labute approximate surface area is 172 Å². The van der Waals surface area contributed by atoms with Crippen LogP contribution in [0.4, 0.5) is 0 Å². The second-order valence-corrected chi connectivity index (χ2v) is 8.27. The molecule has 7 heteroatoms. The van der Waals surface area contributed by atoms with Gasteiger partial charge in [-0.1, -0.05) is 12.1 Å². The van der Waals surface area contributed by atoms with Gasteiger partial charge in [0.15, 0.2) is 5.75 Å². The van der Waals surface area contributed by atoms with Crippen LogP contribution in [-0.4, -0.2) is 29.6 Å². The number of hydrogen-bond donors (Lipinski definition) is 0. The van der Waals surface area contributed by atoms with E-state index in [2.05, 4.69) is 4.98 Å². The summed E-state index contributed by atoms with van der Waals surface area (Å²) in [6.07, 6.45) is 6.36. The van der Waals surface area contributed by atoms with Gasteiger partial charge in [0.25, 0.3) is 0 Å². The minimum atomic E-state index is -0.524. The number of carbonyl (C=O) groups excluding carboxylic acids is 2. The Bertz CT molecular complexity index is 1060. The summed E-state index contributed by atoms with van der Waals surface area (Å²) in [5.74, 6) is 0.373. The van der Waals surface area contributed by atoms with E-state index >= 15 is 0 Å². The van der Waals surface area contributed by atoms with Crippen molar-refractivity contribution in [3.63, 3.8) is 0 Å². The number of carbonyl (C=O) groups is 2. The maximum Gasteiger partial charge on any atom is 0.348 e. The van der Waals surface area contributed by atoms with Gasteiger partial charge in [0.05, 0.1) is 18.0 Å². The highest BCUT2D eigenvalue weighted by atomic mass is 32.1. The summed E-state index contributed by atoms with van der Waals surface area (Å²) < 4.78 is 16.8. The van der Waals surface area contributed by atoms with Gasteiger partial charge in [-0.05, 0) is 50.6 Å². The molecule has 0 spiro atoms. The number of methoxy groups -OCH3 is 1. The van der Waals surface area contributed by atoms with Crippen LogP contribution in [-0.2, 0) is 14.3 Å². The Morgan fingerprint density at radius 2 is 1.83 bits per heavy atom. The smallest absolute Gasteiger partial charge is 0.348 e. The average Bonchev–Trinajstić information content (AvgIpc) is 3.11. The van der Waals surface area contributed by atoms with Gasteiger partial charge in [0.2, 0.25) is 0 Å². The van der Waals surface area contributed by atoms with Crippen molar-refractivity contribution in [1.82, 2.24) is 4.98 Å². The molecule has 0 saturated carbocycles. The number of aromatic nitrogens is 1. The van der Waals surface area contributed by atoms with E-state index in [1.165, 1.54) is 24.5 Å². The Balaban J connectivity index is 1.74. The summed E-state index contributed by atoms with van der Waals surface area (Å²) in [5.41, 5.74) is 0.312. The third-order valence-electron chi connectivity index (χ3n) is 3.72. The summed E-state index contributed by atoms with van der Waals surface area (Å²) >= 11 is 1.30. The van der Waals surface area contributed by atoms with Crippen LogP contribution >= 0.6 is 11.3 Å². The predicted molar refractivity (Wildman–Crippen MR) is 112 cm³/mol. The maximum absolute atomic E-state index is 11.8. The van der Waals surface area contributed by atoms with E-state index in [4.69, 9.17) is 14.2 Å². The van der Waals surface area contributed by atoms with Crippen LogP contribution in [0, 0.1) is 0 Å². The van der Waals surface area contributed by atoms with Crippen molar-refractivity contribution in [1.29, 1.82) is 0 Å². The van der Waals surface area contributed by atoms with Crippen LogP contribution in [0.2, 0.25) is 0 Å². The molecule has 3 rings (SSSR count). The monoisotopic (exact) mass is 411 g/mol. The summed E-state index contributed by atoms with van der Waals surface area (Å²) in [6, 6.07) is 8.98. The average molecular weight is 411 g/mol. The summed E-state index contributed by atoms with van der Waals surface area (Å²) in [5, 5.41) is 0.791. The quantitative estimate of drug-likeness (QED) is 0.423. The first-order valence-corrected chi connectivity index (χ1v) is 9.72. The first-order valence-electron chi connectivity index (χ1n) is 8.90. The molecule has 29 heavy (non-hydrogen) atoms. The largest absolute Gasteiger partial charge is 0.465 e. The number of esters is 2. The molecule has 150 valence electrons. The lowest BCUT2D eigenvalue weighted by Gasteiger charge is -2.17. The lowest BCUT2D eigenvalue weighted by atomic mass is 10.2.